The van der Waals surface area contributed by atoms with Crippen molar-refractivity contribution in [2.75, 3.05) is 4.90 Å². The quantitative estimate of drug-likeness (QED) is 0.206. The summed E-state index contributed by atoms with van der Waals surface area (Å²) in [6.07, 6.45) is 0. The summed E-state index contributed by atoms with van der Waals surface area (Å²) in [6.45, 7) is 0. The summed E-state index contributed by atoms with van der Waals surface area (Å²) in [6, 6.07) is 57.2. The molecule has 0 aliphatic carbocycles. The Balaban J connectivity index is 1.33. The number of anilines is 3. The second-order valence-electron chi connectivity index (χ2n) is 11.0. The van der Waals surface area contributed by atoms with Crippen LogP contribution >= 0.6 is 11.3 Å². The van der Waals surface area contributed by atoms with Crippen molar-refractivity contribution in [2.45, 2.75) is 0 Å². The summed E-state index contributed by atoms with van der Waals surface area (Å²) >= 11 is 1.88. The zero-order chi connectivity index (χ0) is 28.3. The van der Waals surface area contributed by atoms with Crippen molar-refractivity contribution >= 4 is 81.1 Å². The third-order valence-corrected chi connectivity index (χ3v) is 9.72. The van der Waals surface area contributed by atoms with Gasteiger partial charge in [0.05, 0.1) is 21.4 Å². The Morgan fingerprint density at radius 2 is 1.12 bits per heavy atom. The van der Waals surface area contributed by atoms with Crippen LogP contribution in [0.5, 0.6) is 0 Å². The van der Waals surface area contributed by atoms with Crippen LogP contribution in [0.2, 0.25) is 0 Å². The molecule has 9 aromatic rings. The first-order chi connectivity index (χ1) is 21.3. The molecule has 3 heteroatoms. The maximum atomic E-state index is 2.42. The van der Waals surface area contributed by atoms with Crippen molar-refractivity contribution in [3.05, 3.63) is 158 Å². The van der Waals surface area contributed by atoms with E-state index in [1.54, 1.807) is 0 Å². The molecule has 0 radical (unpaired) electrons. The number of nitrogens with zero attached hydrogens (tertiary/aromatic N) is 2. The van der Waals surface area contributed by atoms with E-state index >= 15 is 0 Å². The summed E-state index contributed by atoms with van der Waals surface area (Å²) in [5, 5.41) is 7.68. The molecule has 2 aromatic heterocycles. The zero-order valence-corrected chi connectivity index (χ0v) is 24.1. The predicted molar refractivity (Wildman–Crippen MR) is 186 cm³/mol. The number of benzene rings is 7. The normalized spacial score (nSPS) is 11.7. The Morgan fingerprint density at radius 3 is 1.95 bits per heavy atom. The fraction of sp³-hybridized carbons (Fsp3) is 0. The molecule has 0 N–H and O–H groups in total. The molecule has 0 amide bonds. The Kier molecular flexibility index (Phi) is 5.40. The lowest BCUT2D eigenvalue weighted by molar-refractivity contribution is 1.18. The van der Waals surface area contributed by atoms with Gasteiger partial charge >= 0.3 is 0 Å². The van der Waals surface area contributed by atoms with Gasteiger partial charge in [0, 0.05) is 43.3 Å². The molecule has 0 atom stereocenters. The van der Waals surface area contributed by atoms with Crippen molar-refractivity contribution in [3.8, 4) is 5.69 Å². The van der Waals surface area contributed by atoms with Gasteiger partial charge in [0.1, 0.15) is 0 Å². The average molecular weight is 567 g/mol. The molecule has 7 aromatic carbocycles. The predicted octanol–water partition coefficient (Wildman–Crippen LogP) is 11.8. The molecule has 0 saturated heterocycles. The minimum atomic E-state index is 1.13. The third kappa shape index (κ3) is 3.79. The van der Waals surface area contributed by atoms with Crippen LogP contribution in [0.25, 0.3) is 58.4 Å². The molecule has 202 valence electrons. The van der Waals surface area contributed by atoms with E-state index in [2.05, 4.69) is 167 Å². The van der Waals surface area contributed by atoms with E-state index in [0.717, 1.165) is 17.1 Å². The molecule has 2 heterocycles. The number of thiophene rings is 1. The Bertz CT molecular complexity index is 2450. The summed E-state index contributed by atoms with van der Waals surface area (Å²) in [7, 11) is 0. The first kappa shape index (κ1) is 24.2. The standard InChI is InChI=1S/C40H26N2S/c1-3-14-29(15-4-1)41(37-21-11-19-34-35-24-27-12-7-8-13-28(27)25-39(35)43-40(34)37)31-22-23-33-32-18-9-10-20-36(32)42(38(33)26-31)30-16-5-2-6-17-30/h1-26H. The van der Waals surface area contributed by atoms with Gasteiger partial charge in [-0.3, -0.25) is 0 Å². The summed E-state index contributed by atoms with van der Waals surface area (Å²) in [5.74, 6) is 0. The van der Waals surface area contributed by atoms with Crippen molar-refractivity contribution in [1.82, 2.24) is 4.57 Å². The highest BCUT2D eigenvalue weighted by molar-refractivity contribution is 7.26. The molecule has 9 rings (SSSR count). The number of fused-ring (bicyclic) bond motifs is 7. The lowest BCUT2D eigenvalue weighted by atomic mass is 10.1. The van der Waals surface area contributed by atoms with Crippen molar-refractivity contribution in [2.24, 2.45) is 0 Å². The number of para-hydroxylation sites is 3. The molecule has 0 aliphatic heterocycles. The largest absolute Gasteiger partial charge is 0.309 e. The van der Waals surface area contributed by atoms with E-state index in [0.29, 0.717) is 0 Å². The van der Waals surface area contributed by atoms with Gasteiger partial charge < -0.3 is 9.47 Å². The lowest BCUT2D eigenvalue weighted by Gasteiger charge is -2.26. The minimum Gasteiger partial charge on any atom is -0.309 e. The third-order valence-electron chi connectivity index (χ3n) is 8.53. The smallest absolute Gasteiger partial charge is 0.0640 e. The average Bonchev–Trinajstić information content (AvgIpc) is 3.60. The van der Waals surface area contributed by atoms with Gasteiger partial charge in [0.25, 0.3) is 0 Å². The maximum Gasteiger partial charge on any atom is 0.0640 e. The Hall–Kier alpha value is -5.38. The topological polar surface area (TPSA) is 8.17 Å². The Labute approximate surface area is 253 Å². The van der Waals surface area contributed by atoms with Crippen LogP contribution in [0.4, 0.5) is 17.1 Å². The second kappa shape index (κ2) is 9.59. The van der Waals surface area contributed by atoms with Gasteiger partial charge in [-0.15, -0.1) is 11.3 Å². The fourth-order valence-electron chi connectivity index (χ4n) is 6.60. The maximum absolute atomic E-state index is 2.42. The van der Waals surface area contributed by atoms with E-state index in [9.17, 15) is 0 Å². The molecule has 0 fully saturated rings. The van der Waals surface area contributed by atoms with E-state index in [1.165, 1.54) is 58.4 Å². The van der Waals surface area contributed by atoms with E-state index in [-0.39, 0.29) is 0 Å². The van der Waals surface area contributed by atoms with Crippen LogP contribution in [0.15, 0.2) is 158 Å². The Morgan fingerprint density at radius 1 is 0.442 bits per heavy atom. The highest BCUT2D eigenvalue weighted by atomic mass is 32.1. The van der Waals surface area contributed by atoms with Gasteiger partial charge in [-0.1, -0.05) is 97.1 Å². The molecular formula is C40H26N2S. The van der Waals surface area contributed by atoms with E-state index in [1.807, 2.05) is 11.3 Å². The number of rotatable bonds is 4. The molecular weight excluding hydrogens is 541 g/mol. The lowest BCUT2D eigenvalue weighted by Crippen LogP contribution is -2.10. The summed E-state index contributed by atoms with van der Waals surface area (Å²) in [4.78, 5) is 2.42. The van der Waals surface area contributed by atoms with Crippen molar-refractivity contribution in [1.29, 1.82) is 0 Å². The van der Waals surface area contributed by atoms with Crippen LogP contribution in [0.1, 0.15) is 0 Å². The van der Waals surface area contributed by atoms with E-state index in [4.69, 9.17) is 0 Å². The molecule has 0 saturated carbocycles. The molecule has 2 nitrogen and oxygen atoms in total. The summed E-state index contributed by atoms with van der Waals surface area (Å²) in [5.41, 5.74) is 7.03. The fourth-order valence-corrected chi connectivity index (χ4v) is 7.84. The van der Waals surface area contributed by atoms with Crippen molar-refractivity contribution < 1.29 is 0 Å². The molecule has 0 aliphatic rings. The first-order valence-electron chi connectivity index (χ1n) is 14.6. The monoisotopic (exact) mass is 566 g/mol. The van der Waals surface area contributed by atoms with Crippen LogP contribution in [0, 0.1) is 0 Å². The minimum absolute atomic E-state index is 1.13. The second-order valence-corrected chi connectivity index (χ2v) is 12.1. The van der Waals surface area contributed by atoms with Crippen LogP contribution in [0.3, 0.4) is 0 Å². The van der Waals surface area contributed by atoms with Crippen LogP contribution < -0.4 is 4.90 Å². The van der Waals surface area contributed by atoms with Gasteiger partial charge in [0.15, 0.2) is 0 Å². The van der Waals surface area contributed by atoms with E-state index < -0.39 is 0 Å². The van der Waals surface area contributed by atoms with Crippen LogP contribution in [-0.2, 0) is 0 Å². The zero-order valence-electron chi connectivity index (χ0n) is 23.3. The van der Waals surface area contributed by atoms with Crippen molar-refractivity contribution in [3.63, 3.8) is 0 Å². The SMILES string of the molecule is c1ccc(N(c2ccc3c4ccccc4n(-c4ccccc4)c3c2)c2cccc3c2sc2cc4ccccc4cc23)cc1. The van der Waals surface area contributed by atoms with Crippen LogP contribution in [-0.4, -0.2) is 4.57 Å². The van der Waals surface area contributed by atoms with Gasteiger partial charge in [-0.2, -0.15) is 0 Å². The molecule has 0 bridgehead atoms. The van der Waals surface area contributed by atoms with Gasteiger partial charge in [-0.25, -0.2) is 0 Å². The molecule has 43 heavy (non-hydrogen) atoms. The molecule has 0 spiro atoms. The number of aromatic nitrogens is 1. The summed E-state index contributed by atoms with van der Waals surface area (Å²) < 4.78 is 5.00. The number of hydrogen-bond donors (Lipinski definition) is 0. The first-order valence-corrected chi connectivity index (χ1v) is 15.4. The van der Waals surface area contributed by atoms with Gasteiger partial charge in [0.2, 0.25) is 0 Å². The highest BCUT2D eigenvalue weighted by Gasteiger charge is 2.20. The highest BCUT2D eigenvalue weighted by Crippen LogP contribution is 2.46. The molecule has 0 unspecified atom stereocenters. The van der Waals surface area contributed by atoms with Gasteiger partial charge in [-0.05, 0) is 71.4 Å². The number of hydrogen-bond acceptors (Lipinski definition) is 2.